The van der Waals surface area contributed by atoms with Gasteiger partial charge in [-0.25, -0.2) is 0 Å². The molecule has 1 aliphatic heterocycles. The molecule has 1 aromatic carbocycles. The molecule has 0 unspecified atom stereocenters. The van der Waals surface area contributed by atoms with Gasteiger partial charge >= 0.3 is 6.36 Å². The van der Waals surface area contributed by atoms with Crippen molar-refractivity contribution < 1.29 is 17.9 Å². The van der Waals surface area contributed by atoms with Crippen molar-refractivity contribution in [1.29, 1.82) is 0 Å². The standard InChI is InChI=1S/C15H21F3N2O/c16-15(17,18)21-14-3-1-2-13(10-14)11-20-8-5-12(4-7-19)6-9-20/h1-3,10,12H,4-9,11,19H2. The summed E-state index contributed by atoms with van der Waals surface area (Å²) in [6, 6.07) is 6.21. The molecule has 0 saturated carbocycles. The number of likely N-dealkylation sites (tertiary alicyclic amines) is 1. The highest BCUT2D eigenvalue weighted by Crippen LogP contribution is 2.25. The van der Waals surface area contributed by atoms with Crippen LogP contribution in [0.4, 0.5) is 13.2 Å². The van der Waals surface area contributed by atoms with E-state index in [0.29, 0.717) is 12.5 Å². The molecule has 0 amide bonds. The van der Waals surface area contributed by atoms with E-state index in [9.17, 15) is 13.2 Å². The second-order valence-corrected chi connectivity index (χ2v) is 5.49. The molecule has 118 valence electrons. The number of nitrogens with zero attached hydrogens (tertiary/aromatic N) is 1. The minimum Gasteiger partial charge on any atom is -0.406 e. The molecule has 0 aliphatic carbocycles. The second-order valence-electron chi connectivity index (χ2n) is 5.49. The van der Waals surface area contributed by atoms with E-state index in [2.05, 4.69) is 9.64 Å². The lowest BCUT2D eigenvalue weighted by Crippen LogP contribution is -2.33. The molecule has 3 nitrogen and oxygen atoms in total. The van der Waals surface area contributed by atoms with Crippen molar-refractivity contribution in [2.75, 3.05) is 19.6 Å². The summed E-state index contributed by atoms with van der Waals surface area (Å²) in [6.07, 6.45) is -1.37. The molecule has 0 bridgehead atoms. The van der Waals surface area contributed by atoms with Crippen molar-refractivity contribution in [2.45, 2.75) is 32.2 Å². The Morgan fingerprint density at radius 2 is 1.95 bits per heavy atom. The maximum absolute atomic E-state index is 12.2. The van der Waals surface area contributed by atoms with Crippen LogP contribution < -0.4 is 10.5 Å². The Hall–Kier alpha value is -1.27. The molecule has 0 spiro atoms. The van der Waals surface area contributed by atoms with Crippen LogP contribution in [0, 0.1) is 5.92 Å². The van der Waals surface area contributed by atoms with Crippen LogP contribution in [0.25, 0.3) is 0 Å². The number of benzene rings is 1. The minimum absolute atomic E-state index is 0.155. The van der Waals surface area contributed by atoms with Crippen LogP contribution in [0.5, 0.6) is 5.75 Å². The molecule has 0 radical (unpaired) electrons. The van der Waals surface area contributed by atoms with Gasteiger partial charge in [0.05, 0.1) is 0 Å². The highest BCUT2D eigenvalue weighted by atomic mass is 19.4. The van der Waals surface area contributed by atoms with E-state index in [0.717, 1.165) is 44.5 Å². The van der Waals surface area contributed by atoms with E-state index >= 15 is 0 Å². The number of halogens is 3. The minimum atomic E-state index is -4.64. The van der Waals surface area contributed by atoms with Crippen molar-refractivity contribution in [1.82, 2.24) is 4.90 Å². The van der Waals surface area contributed by atoms with Gasteiger partial charge in [-0.1, -0.05) is 12.1 Å². The fourth-order valence-corrected chi connectivity index (χ4v) is 2.77. The monoisotopic (exact) mass is 302 g/mol. The highest BCUT2D eigenvalue weighted by Gasteiger charge is 2.31. The average Bonchev–Trinajstić information content (AvgIpc) is 2.40. The zero-order valence-electron chi connectivity index (χ0n) is 11.9. The summed E-state index contributed by atoms with van der Waals surface area (Å²) in [5.41, 5.74) is 6.41. The Morgan fingerprint density at radius 1 is 1.24 bits per heavy atom. The van der Waals surface area contributed by atoms with Crippen LogP contribution in [-0.4, -0.2) is 30.9 Å². The number of rotatable bonds is 5. The lowest BCUT2D eigenvalue weighted by Gasteiger charge is -2.31. The molecule has 0 atom stereocenters. The number of piperidine rings is 1. The molecule has 1 aromatic rings. The summed E-state index contributed by atoms with van der Waals surface area (Å²) in [6.45, 7) is 3.32. The molecule has 1 heterocycles. The Bertz CT molecular complexity index is 443. The maximum Gasteiger partial charge on any atom is 0.573 e. The molecule has 2 N–H and O–H groups in total. The van der Waals surface area contributed by atoms with Gasteiger partial charge in [-0.3, -0.25) is 4.90 Å². The van der Waals surface area contributed by atoms with Crippen LogP contribution >= 0.6 is 0 Å². The van der Waals surface area contributed by atoms with Crippen molar-refractivity contribution in [3.05, 3.63) is 29.8 Å². The second kappa shape index (κ2) is 7.13. The molecular formula is C15H21F3N2O. The quantitative estimate of drug-likeness (QED) is 0.908. The predicted molar refractivity (Wildman–Crippen MR) is 74.8 cm³/mol. The Morgan fingerprint density at radius 3 is 2.57 bits per heavy atom. The van der Waals surface area contributed by atoms with E-state index in [1.54, 1.807) is 6.07 Å². The number of ether oxygens (including phenoxy) is 1. The van der Waals surface area contributed by atoms with Crippen LogP contribution in [0.3, 0.4) is 0 Å². The van der Waals surface area contributed by atoms with Gasteiger partial charge in [-0.15, -0.1) is 13.2 Å². The molecule has 1 aliphatic rings. The third-order valence-corrected chi connectivity index (χ3v) is 3.82. The van der Waals surface area contributed by atoms with Crippen LogP contribution in [-0.2, 0) is 6.54 Å². The van der Waals surface area contributed by atoms with Crippen molar-refractivity contribution >= 4 is 0 Å². The van der Waals surface area contributed by atoms with E-state index < -0.39 is 6.36 Å². The summed E-state index contributed by atoms with van der Waals surface area (Å²) in [5.74, 6) is 0.532. The van der Waals surface area contributed by atoms with Crippen LogP contribution in [0.1, 0.15) is 24.8 Å². The van der Waals surface area contributed by atoms with Gasteiger partial charge in [0.1, 0.15) is 5.75 Å². The summed E-state index contributed by atoms with van der Waals surface area (Å²) in [7, 11) is 0. The molecule has 1 saturated heterocycles. The van der Waals surface area contributed by atoms with Gasteiger partial charge < -0.3 is 10.5 Å². The zero-order valence-corrected chi connectivity index (χ0v) is 11.9. The molecule has 2 rings (SSSR count). The normalized spacial score (nSPS) is 17.9. The van der Waals surface area contributed by atoms with E-state index in [1.165, 1.54) is 12.1 Å². The molecule has 1 fully saturated rings. The number of hydrogen-bond acceptors (Lipinski definition) is 3. The van der Waals surface area contributed by atoms with E-state index in [1.807, 2.05) is 6.07 Å². The summed E-state index contributed by atoms with van der Waals surface area (Å²) in [4.78, 5) is 2.26. The van der Waals surface area contributed by atoms with Crippen molar-refractivity contribution in [3.8, 4) is 5.75 Å². The van der Waals surface area contributed by atoms with Crippen molar-refractivity contribution in [3.63, 3.8) is 0 Å². The Labute approximate surface area is 122 Å². The van der Waals surface area contributed by atoms with Gasteiger partial charge in [-0.2, -0.15) is 0 Å². The lowest BCUT2D eigenvalue weighted by atomic mass is 9.93. The van der Waals surface area contributed by atoms with Gasteiger partial charge in [0.15, 0.2) is 0 Å². The molecule has 21 heavy (non-hydrogen) atoms. The number of alkyl halides is 3. The first-order chi connectivity index (χ1) is 9.96. The number of nitrogens with two attached hydrogens (primary N) is 1. The third-order valence-electron chi connectivity index (χ3n) is 3.82. The van der Waals surface area contributed by atoms with Gasteiger partial charge in [-0.05, 0) is 62.5 Å². The molecular weight excluding hydrogens is 281 g/mol. The van der Waals surface area contributed by atoms with Crippen LogP contribution in [0.2, 0.25) is 0 Å². The first-order valence-corrected chi connectivity index (χ1v) is 7.23. The average molecular weight is 302 g/mol. The largest absolute Gasteiger partial charge is 0.573 e. The fraction of sp³-hybridized carbons (Fsp3) is 0.600. The Kier molecular flexibility index (Phi) is 5.47. The highest BCUT2D eigenvalue weighted by molar-refractivity contribution is 5.28. The smallest absolute Gasteiger partial charge is 0.406 e. The first kappa shape index (κ1) is 16.1. The summed E-state index contributed by atoms with van der Waals surface area (Å²) < 4.78 is 40.6. The van der Waals surface area contributed by atoms with E-state index in [4.69, 9.17) is 5.73 Å². The van der Waals surface area contributed by atoms with Gasteiger partial charge in [0.25, 0.3) is 0 Å². The predicted octanol–water partition coefficient (Wildman–Crippen LogP) is 3.15. The summed E-state index contributed by atoms with van der Waals surface area (Å²) in [5, 5.41) is 0. The lowest BCUT2D eigenvalue weighted by molar-refractivity contribution is -0.274. The third kappa shape index (κ3) is 5.55. The van der Waals surface area contributed by atoms with Crippen molar-refractivity contribution in [2.24, 2.45) is 11.7 Å². The fourth-order valence-electron chi connectivity index (χ4n) is 2.77. The van der Waals surface area contributed by atoms with Gasteiger partial charge in [0.2, 0.25) is 0 Å². The maximum atomic E-state index is 12.2. The first-order valence-electron chi connectivity index (χ1n) is 7.23. The molecule has 6 heteroatoms. The Balaban J connectivity index is 1.87. The topological polar surface area (TPSA) is 38.5 Å². The number of hydrogen-bond donors (Lipinski definition) is 1. The molecule has 0 aromatic heterocycles. The zero-order chi connectivity index (χ0) is 15.3. The van der Waals surface area contributed by atoms with E-state index in [-0.39, 0.29) is 5.75 Å². The SMILES string of the molecule is NCCC1CCN(Cc2cccc(OC(F)(F)F)c2)CC1. The van der Waals surface area contributed by atoms with Gasteiger partial charge in [0, 0.05) is 6.54 Å². The summed E-state index contributed by atoms with van der Waals surface area (Å²) >= 11 is 0. The van der Waals surface area contributed by atoms with Crippen LogP contribution in [0.15, 0.2) is 24.3 Å².